The van der Waals surface area contributed by atoms with Crippen LogP contribution in [0.4, 0.5) is 0 Å². The van der Waals surface area contributed by atoms with Gasteiger partial charge < -0.3 is 0 Å². The summed E-state index contributed by atoms with van der Waals surface area (Å²) in [5.41, 5.74) is 0. The van der Waals surface area contributed by atoms with Crippen molar-refractivity contribution in [3.63, 3.8) is 0 Å². The lowest BCUT2D eigenvalue weighted by Crippen LogP contribution is -2.32. The molecule has 0 N–H and O–H groups in total. The van der Waals surface area contributed by atoms with Crippen molar-refractivity contribution in [2.75, 3.05) is 0 Å². The maximum absolute atomic E-state index is 11.7. The van der Waals surface area contributed by atoms with E-state index in [0.717, 1.165) is 24.2 Å². The molecule has 0 aromatic heterocycles. The summed E-state index contributed by atoms with van der Waals surface area (Å²) in [5, 5.41) is 0. The largest absolute Gasteiger partial charge is 0.299 e. The van der Waals surface area contributed by atoms with Crippen LogP contribution in [-0.4, -0.2) is 5.78 Å². The van der Waals surface area contributed by atoms with Gasteiger partial charge in [-0.05, 0) is 37.0 Å². The first-order valence-electron chi connectivity index (χ1n) is 5.39. The molecule has 0 aromatic carbocycles. The number of rotatable bonds is 0. The van der Waals surface area contributed by atoms with Crippen molar-refractivity contribution in [2.24, 2.45) is 23.7 Å². The Kier molecular flexibility index (Phi) is 1.38. The Morgan fingerprint density at radius 1 is 1.08 bits per heavy atom. The van der Waals surface area contributed by atoms with Gasteiger partial charge in [0.05, 0.1) is 0 Å². The van der Waals surface area contributed by atoms with Crippen LogP contribution in [-0.2, 0) is 4.79 Å². The molecule has 3 saturated carbocycles. The van der Waals surface area contributed by atoms with Crippen molar-refractivity contribution < 1.29 is 4.79 Å². The molecule has 0 bridgehead atoms. The van der Waals surface area contributed by atoms with Crippen LogP contribution in [0.3, 0.4) is 0 Å². The third-order valence-corrected chi connectivity index (χ3v) is 4.22. The first-order chi connectivity index (χ1) is 5.86. The van der Waals surface area contributed by atoms with Crippen molar-refractivity contribution in [3.8, 4) is 0 Å². The Bertz CT molecular complexity index is 221. The Labute approximate surface area is 73.5 Å². The van der Waals surface area contributed by atoms with Crippen molar-refractivity contribution in [3.05, 3.63) is 0 Å². The highest BCUT2D eigenvalue weighted by Gasteiger charge is 2.52. The summed E-state index contributed by atoms with van der Waals surface area (Å²) in [6.07, 6.45) is 7.59. The Morgan fingerprint density at radius 2 is 1.92 bits per heavy atom. The minimum atomic E-state index is 0.502. The molecular weight excluding hydrogens is 148 g/mol. The maximum atomic E-state index is 11.7. The third kappa shape index (κ3) is 0.884. The van der Waals surface area contributed by atoms with E-state index < -0.39 is 0 Å². The van der Waals surface area contributed by atoms with Crippen LogP contribution in [0.15, 0.2) is 0 Å². The summed E-state index contributed by atoms with van der Waals surface area (Å²) < 4.78 is 0. The summed E-state index contributed by atoms with van der Waals surface area (Å²) in [7, 11) is 0. The quantitative estimate of drug-likeness (QED) is 0.537. The summed E-state index contributed by atoms with van der Waals surface area (Å²) in [6.45, 7) is 0. The van der Waals surface area contributed by atoms with E-state index in [4.69, 9.17) is 0 Å². The second kappa shape index (κ2) is 2.34. The van der Waals surface area contributed by atoms with Gasteiger partial charge in [-0.3, -0.25) is 4.79 Å². The number of hydrogen-bond donors (Lipinski definition) is 0. The SMILES string of the molecule is O=C1CC2CC2[C@H]2CCCC[C@@H]12. The predicted molar refractivity (Wildman–Crippen MR) is 46.7 cm³/mol. The van der Waals surface area contributed by atoms with Crippen LogP contribution >= 0.6 is 0 Å². The molecule has 1 heteroatoms. The van der Waals surface area contributed by atoms with Crippen LogP contribution in [0.5, 0.6) is 0 Å². The maximum Gasteiger partial charge on any atom is 0.136 e. The van der Waals surface area contributed by atoms with Gasteiger partial charge in [0.2, 0.25) is 0 Å². The van der Waals surface area contributed by atoms with Gasteiger partial charge in [0.15, 0.2) is 0 Å². The van der Waals surface area contributed by atoms with Crippen molar-refractivity contribution in [1.29, 1.82) is 0 Å². The summed E-state index contributed by atoms with van der Waals surface area (Å²) in [5.74, 6) is 3.75. The number of fused-ring (bicyclic) bond motifs is 3. The molecule has 0 radical (unpaired) electrons. The van der Waals surface area contributed by atoms with Crippen molar-refractivity contribution in [1.82, 2.24) is 0 Å². The van der Waals surface area contributed by atoms with Crippen LogP contribution in [0.2, 0.25) is 0 Å². The average Bonchev–Trinajstić information content (AvgIpc) is 2.84. The van der Waals surface area contributed by atoms with Gasteiger partial charge in [0, 0.05) is 12.3 Å². The van der Waals surface area contributed by atoms with E-state index in [-0.39, 0.29) is 0 Å². The highest BCUT2D eigenvalue weighted by atomic mass is 16.1. The minimum absolute atomic E-state index is 0.502. The number of carbonyl (C=O) groups excluding carboxylic acids is 1. The highest BCUT2D eigenvalue weighted by molar-refractivity contribution is 5.83. The Morgan fingerprint density at radius 3 is 2.83 bits per heavy atom. The van der Waals surface area contributed by atoms with Crippen LogP contribution in [0, 0.1) is 23.7 Å². The molecule has 4 atom stereocenters. The molecule has 3 rings (SSSR count). The molecule has 3 aliphatic carbocycles. The molecule has 66 valence electrons. The van der Waals surface area contributed by atoms with Crippen LogP contribution in [0.1, 0.15) is 38.5 Å². The summed E-state index contributed by atoms with van der Waals surface area (Å²) in [6, 6.07) is 0. The van der Waals surface area contributed by atoms with Crippen molar-refractivity contribution >= 4 is 5.78 Å². The van der Waals surface area contributed by atoms with E-state index in [1.165, 1.54) is 32.1 Å². The summed E-state index contributed by atoms with van der Waals surface area (Å²) in [4.78, 5) is 11.7. The lowest BCUT2D eigenvalue weighted by Gasteiger charge is -2.33. The first-order valence-corrected chi connectivity index (χ1v) is 5.39. The first kappa shape index (κ1) is 7.11. The minimum Gasteiger partial charge on any atom is -0.299 e. The molecule has 0 amide bonds. The zero-order chi connectivity index (χ0) is 8.13. The van der Waals surface area contributed by atoms with Gasteiger partial charge in [0.1, 0.15) is 5.78 Å². The Balaban J connectivity index is 1.84. The molecule has 3 fully saturated rings. The fourth-order valence-corrected chi connectivity index (χ4v) is 3.51. The lowest BCUT2D eigenvalue weighted by molar-refractivity contribution is -0.128. The van der Waals surface area contributed by atoms with Crippen LogP contribution < -0.4 is 0 Å². The molecule has 0 heterocycles. The molecule has 0 spiro atoms. The monoisotopic (exact) mass is 164 g/mol. The smallest absolute Gasteiger partial charge is 0.136 e. The van der Waals surface area contributed by atoms with Gasteiger partial charge >= 0.3 is 0 Å². The van der Waals surface area contributed by atoms with Gasteiger partial charge in [0.25, 0.3) is 0 Å². The van der Waals surface area contributed by atoms with Gasteiger partial charge in [-0.15, -0.1) is 0 Å². The molecule has 12 heavy (non-hydrogen) atoms. The average molecular weight is 164 g/mol. The molecule has 0 aliphatic heterocycles. The molecule has 2 unspecified atom stereocenters. The van der Waals surface area contributed by atoms with E-state index in [0.29, 0.717) is 11.7 Å². The summed E-state index contributed by atoms with van der Waals surface area (Å²) >= 11 is 0. The molecule has 1 nitrogen and oxygen atoms in total. The number of Topliss-reactive ketones (excluding diaryl/α,β-unsaturated/α-hetero) is 1. The highest BCUT2D eigenvalue weighted by Crippen LogP contribution is 2.57. The third-order valence-electron chi connectivity index (χ3n) is 4.22. The lowest BCUT2D eigenvalue weighted by atomic mass is 9.70. The van der Waals surface area contributed by atoms with E-state index >= 15 is 0 Å². The zero-order valence-electron chi connectivity index (χ0n) is 7.46. The number of carbonyl (C=O) groups is 1. The van der Waals surface area contributed by atoms with E-state index in [2.05, 4.69) is 0 Å². The van der Waals surface area contributed by atoms with Gasteiger partial charge in [-0.2, -0.15) is 0 Å². The normalized spacial score (nSPS) is 51.2. The van der Waals surface area contributed by atoms with Gasteiger partial charge in [-0.25, -0.2) is 0 Å². The molecule has 3 aliphatic rings. The molecular formula is C11H16O. The van der Waals surface area contributed by atoms with E-state index in [9.17, 15) is 4.79 Å². The number of hydrogen-bond acceptors (Lipinski definition) is 1. The second-order valence-electron chi connectivity index (χ2n) is 4.88. The molecule has 0 aromatic rings. The second-order valence-corrected chi connectivity index (χ2v) is 4.88. The van der Waals surface area contributed by atoms with Crippen LogP contribution in [0.25, 0.3) is 0 Å². The zero-order valence-corrected chi connectivity index (χ0v) is 7.46. The fourth-order valence-electron chi connectivity index (χ4n) is 3.51. The Hall–Kier alpha value is -0.330. The standard InChI is InChI=1S/C11H16O/c12-11-6-7-5-10(7)8-3-1-2-4-9(8)11/h7-10H,1-6H2/t7?,8-,9+,10?/m0/s1. The van der Waals surface area contributed by atoms with Gasteiger partial charge in [-0.1, -0.05) is 12.8 Å². The fraction of sp³-hybridized carbons (Fsp3) is 0.909. The topological polar surface area (TPSA) is 17.1 Å². The number of ketones is 1. The van der Waals surface area contributed by atoms with E-state index in [1.54, 1.807) is 0 Å². The predicted octanol–water partition coefficient (Wildman–Crippen LogP) is 2.40. The van der Waals surface area contributed by atoms with Crippen molar-refractivity contribution in [2.45, 2.75) is 38.5 Å². The molecule has 0 saturated heterocycles. The van der Waals surface area contributed by atoms with E-state index in [1.807, 2.05) is 0 Å².